The molecule has 1 heterocycles. The summed E-state index contributed by atoms with van der Waals surface area (Å²) in [6.07, 6.45) is 4.19. The Kier molecular flexibility index (Phi) is 9.02. The zero-order chi connectivity index (χ0) is 22.1. The molecule has 30 heavy (non-hydrogen) atoms. The number of amides is 2. The molecular weight excluding hydrogens is 387 g/mol. The van der Waals surface area contributed by atoms with Crippen LogP contribution in [0.2, 0.25) is 0 Å². The Balaban J connectivity index is 2.21. The van der Waals surface area contributed by atoms with Gasteiger partial charge in [-0.2, -0.15) is 0 Å². The summed E-state index contributed by atoms with van der Waals surface area (Å²) >= 11 is 0. The van der Waals surface area contributed by atoms with Crippen molar-refractivity contribution in [3.63, 3.8) is 0 Å². The van der Waals surface area contributed by atoms with E-state index >= 15 is 0 Å². The van der Waals surface area contributed by atoms with Crippen LogP contribution >= 0.6 is 0 Å². The normalized spacial score (nSPS) is 16.6. The number of benzene rings is 1. The summed E-state index contributed by atoms with van der Waals surface area (Å²) in [5.41, 5.74) is 1.39. The Morgan fingerprint density at radius 1 is 1.17 bits per heavy atom. The van der Waals surface area contributed by atoms with Gasteiger partial charge in [-0.1, -0.05) is 38.3 Å². The third-order valence-corrected chi connectivity index (χ3v) is 5.24. The van der Waals surface area contributed by atoms with Gasteiger partial charge in [0, 0.05) is 24.6 Å². The van der Waals surface area contributed by atoms with Gasteiger partial charge in [0.05, 0.1) is 12.2 Å². The van der Waals surface area contributed by atoms with Crippen LogP contribution in [-0.2, 0) is 19.1 Å². The number of hydrogen-bond donors (Lipinski definition) is 1. The first-order chi connectivity index (χ1) is 14.4. The molecule has 0 saturated carbocycles. The number of nitrogens with zero attached hydrogens (tertiary/aromatic N) is 1. The van der Waals surface area contributed by atoms with E-state index in [2.05, 4.69) is 12.2 Å². The summed E-state index contributed by atoms with van der Waals surface area (Å²) in [6.45, 7) is 6.09. The lowest BCUT2D eigenvalue weighted by Gasteiger charge is -2.34. The topological polar surface area (TPSA) is 75.7 Å². The lowest BCUT2D eigenvalue weighted by atomic mass is 9.83. The van der Waals surface area contributed by atoms with Crippen LogP contribution in [0.4, 0.5) is 4.39 Å². The van der Waals surface area contributed by atoms with Crippen LogP contribution < -0.4 is 5.32 Å². The second-order valence-electron chi connectivity index (χ2n) is 7.42. The number of carbonyl (C=O) groups is 3. The number of nitrogens with one attached hydrogen (secondary N) is 1. The van der Waals surface area contributed by atoms with Crippen LogP contribution in [0, 0.1) is 5.82 Å². The minimum atomic E-state index is -0.537. The maximum absolute atomic E-state index is 13.3. The van der Waals surface area contributed by atoms with Crippen LogP contribution in [0.15, 0.2) is 35.5 Å². The van der Waals surface area contributed by atoms with E-state index in [-0.39, 0.29) is 31.4 Å². The monoisotopic (exact) mass is 418 g/mol. The number of carbonyl (C=O) groups excluding carboxylic acids is 3. The van der Waals surface area contributed by atoms with Crippen molar-refractivity contribution < 1.29 is 23.5 Å². The second-order valence-corrected chi connectivity index (χ2v) is 7.42. The fourth-order valence-corrected chi connectivity index (χ4v) is 3.64. The van der Waals surface area contributed by atoms with Crippen molar-refractivity contribution in [2.75, 3.05) is 19.7 Å². The van der Waals surface area contributed by atoms with Gasteiger partial charge in [-0.3, -0.25) is 9.59 Å². The number of halogens is 1. The Labute approximate surface area is 177 Å². The van der Waals surface area contributed by atoms with E-state index in [1.165, 1.54) is 17.0 Å². The van der Waals surface area contributed by atoms with Gasteiger partial charge in [-0.05, 0) is 38.0 Å². The van der Waals surface area contributed by atoms with Gasteiger partial charge >= 0.3 is 5.97 Å². The zero-order valence-electron chi connectivity index (χ0n) is 18.0. The van der Waals surface area contributed by atoms with Crippen molar-refractivity contribution in [3.8, 4) is 0 Å². The number of allylic oxidation sites excluding steroid dienone is 1. The highest BCUT2D eigenvalue weighted by atomic mass is 19.1. The van der Waals surface area contributed by atoms with Gasteiger partial charge in [-0.25, -0.2) is 9.18 Å². The van der Waals surface area contributed by atoms with E-state index in [0.29, 0.717) is 23.4 Å². The zero-order valence-corrected chi connectivity index (χ0v) is 18.0. The van der Waals surface area contributed by atoms with Crippen molar-refractivity contribution >= 4 is 17.8 Å². The Bertz CT molecular complexity index is 789. The fraction of sp³-hybridized carbons (Fsp3) is 0.522. The minimum absolute atomic E-state index is 0.0148. The molecule has 7 heteroatoms. The Morgan fingerprint density at radius 3 is 2.50 bits per heavy atom. The van der Waals surface area contributed by atoms with Crippen molar-refractivity contribution in [1.82, 2.24) is 10.2 Å². The number of hydrogen-bond acceptors (Lipinski definition) is 4. The molecule has 1 atom stereocenters. The number of unbranched alkanes of at least 4 members (excludes halogenated alkanes) is 3. The van der Waals surface area contributed by atoms with Crippen LogP contribution in [0.1, 0.15) is 64.4 Å². The molecule has 0 aliphatic carbocycles. The first-order valence-corrected chi connectivity index (χ1v) is 10.6. The molecule has 0 saturated heterocycles. The molecule has 0 unspecified atom stereocenters. The van der Waals surface area contributed by atoms with Gasteiger partial charge in [0.2, 0.25) is 11.8 Å². The number of ether oxygens (including phenoxy) is 1. The molecule has 0 bridgehead atoms. The van der Waals surface area contributed by atoms with Gasteiger partial charge < -0.3 is 15.0 Å². The first-order valence-electron chi connectivity index (χ1n) is 10.6. The van der Waals surface area contributed by atoms with E-state index in [1.807, 2.05) is 0 Å². The molecule has 1 aromatic carbocycles. The van der Waals surface area contributed by atoms with E-state index in [1.54, 1.807) is 26.0 Å². The molecule has 2 amide bonds. The van der Waals surface area contributed by atoms with Crippen LogP contribution in [0.3, 0.4) is 0 Å². The molecule has 0 fully saturated rings. The quantitative estimate of drug-likeness (QED) is 0.465. The molecule has 0 spiro atoms. The molecule has 6 nitrogen and oxygen atoms in total. The average Bonchev–Trinajstić information content (AvgIpc) is 2.71. The smallest absolute Gasteiger partial charge is 0.336 e. The molecule has 0 radical (unpaired) electrons. The molecule has 1 aromatic rings. The minimum Gasteiger partial charge on any atom is -0.463 e. The highest BCUT2D eigenvalue weighted by Crippen LogP contribution is 2.37. The molecule has 0 aromatic heterocycles. The summed E-state index contributed by atoms with van der Waals surface area (Å²) in [5, 5.41) is 2.84. The molecule has 1 aliphatic rings. The maximum atomic E-state index is 13.3. The van der Waals surface area contributed by atoms with Crippen LogP contribution in [0.5, 0.6) is 0 Å². The third-order valence-electron chi connectivity index (χ3n) is 5.24. The van der Waals surface area contributed by atoms with Gasteiger partial charge in [0.15, 0.2) is 0 Å². The summed E-state index contributed by atoms with van der Waals surface area (Å²) in [6, 6.07) is 5.74. The van der Waals surface area contributed by atoms with E-state index in [0.717, 1.165) is 25.7 Å². The van der Waals surface area contributed by atoms with Gasteiger partial charge in [0.1, 0.15) is 12.4 Å². The SMILES string of the molecule is CCCCCCNC(=O)CN1C(=O)C[C@@H](c2ccc(F)cc2)C(C(=O)OCC)=C1C. The van der Waals surface area contributed by atoms with E-state index < -0.39 is 17.7 Å². The lowest BCUT2D eigenvalue weighted by Crippen LogP contribution is -2.44. The summed E-state index contributed by atoms with van der Waals surface area (Å²) in [7, 11) is 0. The number of rotatable bonds is 10. The molecular formula is C23H31FN2O4. The third kappa shape index (κ3) is 6.15. The Morgan fingerprint density at radius 2 is 1.87 bits per heavy atom. The standard InChI is InChI=1S/C23H31FN2O4/c1-4-6-7-8-13-25-20(27)15-26-16(3)22(23(29)30-5-2)19(14-21(26)28)17-9-11-18(24)12-10-17/h9-12,19H,4-8,13-15H2,1-3H3,(H,25,27)/t19-/m0/s1. The molecule has 1 N–H and O–H groups in total. The van der Waals surface area contributed by atoms with Crippen molar-refractivity contribution in [2.24, 2.45) is 0 Å². The van der Waals surface area contributed by atoms with Crippen molar-refractivity contribution in [1.29, 1.82) is 0 Å². The van der Waals surface area contributed by atoms with Gasteiger partial charge in [0.25, 0.3) is 0 Å². The highest BCUT2D eigenvalue weighted by molar-refractivity contribution is 5.97. The molecule has 164 valence electrons. The van der Waals surface area contributed by atoms with E-state index in [9.17, 15) is 18.8 Å². The second kappa shape index (κ2) is 11.5. The fourth-order valence-electron chi connectivity index (χ4n) is 3.64. The highest BCUT2D eigenvalue weighted by Gasteiger charge is 2.37. The van der Waals surface area contributed by atoms with Crippen molar-refractivity contribution in [2.45, 2.75) is 58.8 Å². The predicted octanol–water partition coefficient (Wildman–Crippen LogP) is 3.68. The summed E-state index contributed by atoms with van der Waals surface area (Å²) in [4.78, 5) is 39.2. The first kappa shape index (κ1) is 23.6. The van der Waals surface area contributed by atoms with Crippen molar-refractivity contribution in [3.05, 3.63) is 46.9 Å². The van der Waals surface area contributed by atoms with Crippen LogP contribution in [0.25, 0.3) is 0 Å². The van der Waals surface area contributed by atoms with E-state index in [4.69, 9.17) is 4.74 Å². The molecule has 2 rings (SSSR count). The summed E-state index contributed by atoms with van der Waals surface area (Å²) in [5.74, 6) is -1.97. The lowest BCUT2D eigenvalue weighted by molar-refractivity contribution is -0.141. The largest absolute Gasteiger partial charge is 0.463 e. The number of esters is 1. The summed E-state index contributed by atoms with van der Waals surface area (Å²) < 4.78 is 18.5. The average molecular weight is 419 g/mol. The Hall–Kier alpha value is -2.70. The predicted molar refractivity (Wildman–Crippen MR) is 112 cm³/mol. The van der Waals surface area contributed by atoms with Crippen LogP contribution in [-0.4, -0.2) is 42.4 Å². The molecule has 1 aliphatic heterocycles. The van der Waals surface area contributed by atoms with Gasteiger partial charge in [-0.15, -0.1) is 0 Å². The maximum Gasteiger partial charge on any atom is 0.336 e.